The molecule has 0 saturated carbocycles. The van der Waals surface area contributed by atoms with Gasteiger partial charge in [0.1, 0.15) is 0 Å². The van der Waals surface area contributed by atoms with Crippen molar-refractivity contribution >= 4 is 5.91 Å². The molecule has 1 saturated heterocycles. The van der Waals surface area contributed by atoms with E-state index in [-0.39, 0.29) is 5.91 Å². The van der Waals surface area contributed by atoms with Gasteiger partial charge in [0.2, 0.25) is 5.91 Å². The Morgan fingerprint density at radius 1 is 1.29 bits per heavy atom. The Morgan fingerprint density at radius 2 is 2.00 bits per heavy atom. The van der Waals surface area contributed by atoms with Crippen molar-refractivity contribution in [2.45, 2.75) is 32.6 Å². The fourth-order valence-corrected chi connectivity index (χ4v) is 2.21. The van der Waals surface area contributed by atoms with Crippen LogP contribution >= 0.6 is 0 Å². The second-order valence-electron chi connectivity index (χ2n) is 5.06. The minimum absolute atomic E-state index is 0.131. The van der Waals surface area contributed by atoms with Crippen LogP contribution in [0.2, 0.25) is 0 Å². The zero-order chi connectivity index (χ0) is 12.5. The maximum Gasteiger partial charge on any atom is 0.233 e. The van der Waals surface area contributed by atoms with Crippen LogP contribution in [0.5, 0.6) is 0 Å². The van der Waals surface area contributed by atoms with Gasteiger partial charge in [-0.25, -0.2) is 0 Å². The van der Waals surface area contributed by atoms with Crippen molar-refractivity contribution in [3.63, 3.8) is 0 Å². The third-order valence-electron chi connectivity index (χ3n) is 3.43. The van der Waals surface area contributed by atoms with Gasteiger partial charge in [0, 0.05) is 6.54 Å². The molecule has 0 aromatic heterocycles. The van der Waals surface area contributed by atoms with Crippen LogP contribution in [0.4, 0.5) is 0 Å². The first-order valence-corrected chi connectivity index (χ1v) is 6.88. The maximum atomic E-state index is 11.4. The molecule has 0 radical (unpaired) electrons. The van der Waals surface area contributed by atoms with E-state index >= 15 is 0 Å². The largest absolute Gasteiger partial charge is 0.355 e. The lowest BCUT2D eigenvalue weighted by Crippen LogP contribution is -2.36. The summed E-state index contributed by atoms with van der Waals surface area (Å²) in [5.74, 6) is 0.932. The van der Waals surface area contributed by atoms with E-state index < -0.39 is 0 Å². The van der Waals surface area contributed by atoms with E-state index in [1.165, 1.54) is 25.9 Å². The molecule has 1 fully saturated rings. The number of hydrogen-bond acceptors (Lipinski definition) is 3. The lowest BCUT2D eigenvalue weighted by atomic mass is 9.94. The van der Waals surface area contributed by atoms with E-state index in [1.54, 1.807) is 0 Å². The molecule has 100 valence electrons. The molecule has 0 aromatic rings. The highest BCUT2D eigenvalue weighted by Gasteiger charge is 2.16. The van der Waals surface area contributed by atoms with Crippen molar-refractivity contribution in [2.75, 3.05) is 39.8 Å². The molecule has 4 nitrogen and oxygen atoms in total. The number of hydrogen-bond donors (Lipinski definition) is 2. The number of piperidine rings is 1. The summed E-state index contributed by atoms with van der Waals surface area (Å²) < 4.78 is 0. The quantitative estimate of drug-likeness (QED) is 0.649. The van der Waals surface area contributed by atoms with Gasteiger partial charge >= 0.3 is 0 Å². The van der Waals surface area contributed by atoms with Crippen LogP contribution in [0.15, 0.2) is 0 Å². The summed E-state index contributed by atoms with van der Waals surface area (Å²) in [7, 11) is 2.18. The summed E-state index contributed by atoms with van der Waals surface area (Å²) in [5.41, 5.74) is 0. The van der Waals surface area contributed by atoms with Crippen molar-refractivity contribution in [3.05, 3.63) is 0 Å². The van der Waals surface area contributed by atoms with Crippen molar-refractivity contribution in [1.82, 2.24) is 15.5 Å². The molecule has 0 atom stereocenters. The number of likely N-dealkylation sites (tertiary alicyclic amines) is 1. The zero-order valence-corrected chi connectivity index (χ0v) is 11.3. The molecule has 0 spiro atoms. The van der Waals surface area contributed by atoms with E-state index in [2.05, 4.69) is 29.5 Å². The summed E-state index contributed by atoms with van der Waals surface area (Å²) in [5, 5.41) is 6.10. The predicted molar refractivity (Wildman–Crippen MR) is 71.0 cm³/mol. The number of nitrogens with zero attached hydrogens (tertiary/aromatic N) is 1. The highest BCUT2D eigenvalue weighted by Crippen LogP contribution is 2.18. The molecule has 1 aliphatic rings. The highest BCUT2D eigenvalue weighted by molar-refractivity contribution is 5.77. The minimum atomic E-state index is 0.131. The number of carbonyl (C=O) groups is 1. The van der Waals surface area contributed by atoms with Crippen molar-refractivity contribution < 1.29 is 4.79 Å². The molecule has 2 N–H and O–H groups in total. The molecular weight excluding hydrogens is 214 g/mol. The van der Waals surface area contributed by atoms with Crippen LogP contribution in [0.1, 0.15) is 32.6 Å². The second-order valence-corrected chi connectivity index (χ2v) is 5.06. The normalized spacial score (nSPS) is 18.2. The molecule has 1 heterocycles. The number of nitrogens with one attached hydrogen (secondary N) is 2. The SMILES string of the molecule is CCCNCC(=O)NCCC1CCN(C)CC1. The zero-order valence-electron chi connectivity index (χ0n) is 11.3. The van der Waals surface area contributed by atoms with Crippen LogP contribution in [0, 0.1) is 5.92 Å². The predicted octanol–water partition coefficient (Wildman–Crippen LogP) is 0.834. The van der Waals surface area contributed by atoms with Crippen molar-refractivity contribution in [2.24, 2.45) is 5.92 Å². The van der Waals surface area contributed by atoms with E-state index in [9.17, 15) is 4.79 Å². The Balaban J connectivity index is 1.97. The molecule has 1 aliphatic heterocycles. The van der Waals surface area contributed by atoms with Gasteiger partial charge in [0.15, 0.2) is 0 Å². The van der Waals surface area contributed by atoms with Crippen LogP contribution < -0.4 is 10.6 Å². The smallest absolute Gasteiger partial charge is 0.233 e. The van der Waals surface area contributed by atoms with Crippen LogP contribution in [0.3, 0.4) is 0 Å². The second kappa shape index (κ2) is 8.48. The molecule has 0 bridgehead atoms. The summed E-state index contributed by atoms with van der Waals surface area (Å²) in [6, 6.07) is 0. The van der Waals surface area contributed by atoms with Gasteiger partial charge in [0.05, 0.1) is 6.54 Å². The van der Waals surface area contributed by atoms with Crippen LogP contribution in [-0.2, 0) is 4.79 Å². The molecule has 0 unspecified atom stereocenters. The highest BCUT2D eigenvalue weighted by atomic mass is 16.1. The molecule has 0 aromatic carbocycles. The lowest BCUT2D eigenvalue weighted by molar-refractivity contribution is -0.120. The van der Waals surface area contributed by atoms with E-state index in [0.717, 1.165) is 31.8 Å². The Morgan fingerprint density at radius 3 is 2.65 bits per heavy atom. The molecular formula is C13H27N3O. The summed E-state index contributed by atoms with van der Waals surface area (Å²) >= 11 is 0. The van der Waals surface area contributed by atoms with Gasteiger partial charge in [-0.1, -0.05) is 6.92 Å². The van der Waals surface area contributed by atoms with Crippen LogP contribution in [-0.4, -0.2) is 50.6 Å². The van der Waals surface area contributed by atoms with E-state index in [0.29, 0.717) is 6.54 Å². The summed E-state index contributed by atoms with van der Waals surface area (Å²) in [4.78, 5) is 13.8. The summed E-state index contributed by atoms with van der Waals surface area (Å²) in [6.45, 7) is 6.73. The minimum Gasteiger partial charge on any atom is -0.355 e. The fraction of sp³-hybridized carbons (Fsp3) is 0.923. The Bertz CT molecular complexity index is 213. The number of rotatable bonds is 7. The molecule has 0 aliphatic carbocycles. The van der Waals surface area contributed by atoms with Gasteiger partial charge in [-0.15, -0.1) is 0 Å². The average Bonchev–Trinajstić information content (AvgIpc) is 2.32. The lowest BCUT2D eigenvalue weighted by Gasteiger charge is -2.28. The van der Waals surface area contributed by atoms with Gasteiger partial charge in [-0.05, 0) is 58.3 Å². The van der Waals surface area contributed by atoms with Gasteiger partial charge in [-0.2, -0.15) is 0 Å². The standard InChI is InChI=1S/C13H27N3O/c1-3-7-14-11-13(17)15-8-4-12-5-9-16(2)10-6-12/h12,14H,3-11H2,1-2H3,(H,15,17). The van der Waals surface area contributed by atoms with E-state index in [1.807, 2.05) is 0 Å². The van der Waals surface area contributed by atoms with Gasteiger partial charge < -0.3 is 15.5 Å². The first-order valence-electron chi connectivity index (χ1n) is 6.88. The van der Waals surface area contributed by atoms with Crippen molar-refractivity contribution in [3.8, 4) is 0 Å². The monoisotopic (exact) mass is 241 g/mol. The van der Waals surface area contributed by atoms with Gasteiger partial charge in [-0.3, -0.25) is 4.79 Å². The van der Waals surface area contributed by atoms with Crippen molar-refractivity contribution in [1.29, 1.82) is 0 Å². The van der Waals surface area contributed by atoms with Gasteiger partial charge in [0.25, 0.3) is 0 Å². The molecule has 1 amide bonds. The third-order valence-corrected chi connectivity index (χ3v) is 3.43. The van der Waals surface area contributed by atoms with Crippen LogP contribution in [0.25, 0.3) is 0 Å². The molecule has 17 heavy (non-hydrogen) atoms. The summed E-state index contributed by atoms with van der Waals surface area (Å²) in [6.07, 6.45) is 4.76. The van der Waals surface area contributed by atoms with E-state index in [4.69, 9.17) is 0 Å². The maximum absolute atomic E-state index is 11.4. The number of carbonyl (C=O) groups excluding carboxylic acids is 1. The first kappa shape index (κ1) is 14.5. The molecule has 4 heteroatoms. The molecule has 1 rings (SSSR count). The number of amides is 1. The topological polar surface area (TPSA) is 44.4 Å². The first-order chi connectivity index (χ1) is 8.22. The third kappa shape index (κ3) is 6.64. The Labute approximate surface area is 105 Å². The average molecular weight is 241 g/mol. The Hall–Kier alpha value is -0.610. The Kier molecular flexibility index (Phi) is 7.21. The fourth-order valence-electron chi connectivity index (χ4n) is 2.21.